The number of hydrogen-bond donors (Lipinski definition) is 2. The average Bonchev–Trinajstić information content (AvgIpc) is 2.68. The standard InChI is InChI=1S/C18H20N6O3/c19-18(25)21-20-13-14-1-3-15(4-2-14)22-9-11-23(12-10-22)16-5-7-17(8-6-16)24(26)27/h1-8,13H,9-12H2,(H3,19,21,25)/b20-13+. The van der Waals surface area contributed by atoms with Crippen molar-refractivity contribution in [2.45, 2.75) is 0 Å². The molecule has 0 saturated carbocycles. The van der Waals surface area contributed by atoms with Crippen molar-refractivity contribution in [2.75, 3.05) is 36.0 Å². The van der Waals surface area contributed by atoms with Crippen LogP contribution in [-0.4, -0.2) is 43.3 Å². The molecule has 0 spiro atoms. The number of nitrogens with one attached hydrogen (secondary N) is 1. The number of benzene rings is 2. The lowest BCUT2D eigenvalue weighted by molar-refractivity contribution is -0.384. The molecule has 0 atom stereocenters. The molecule has 3 rings (SSSR count). The molecule has 0 aliphatic carbocycles. The number of hydrogen-bond acceptors (Lipinski definition) is 6. The van der Waals surface area contributed by atoms with Crippen molar-refractivity contribution >= 4 is 29.3 Å². The summed E-state index contributed by atoms with van der Waals surface area (Å²) in [6.45, 7) is 3.38. The number of amides is 2. The monoisotopic (exact) mass is 368 g/mol. The summed E-state index contributed by atoms with van der Waals surface area (Å²) in [4.78, 5) is 25.4. The summed E-state index contributed by atoms with van der Waals surface area (Å²) in [7, 11) is 0. The number of rotatable bonds is 5. The second-order valence-electron chi connectivity index (χ2n) is 6.07. The summed E-state index contributed by atoms with van der Waals surface area (Å²) in [5.41, 5.74) is 10.2. The molecule has 2 amide bonds. The summed E-state index contributed by atoms with van der Waals surface area (Å²) in [5.74, 6) is 0. The SMILES string of the molecule is NC(=O)N/N=C/c1ccc(N2CCN(c3ccc([N+](=O)[O-])cc3)CC2)cc1. The van der Waals surface area contributed by atoms with Crippen LogP contribution in [0.4, 0.5) is 21.9 Å². The highest BCUT2D eigenvalue weighted by atomic mass is 16.6. The van der Waals surface area contributed by atoms with Crippen LogP contribution in [0.1, 0.15) is 5.56 Å². The van der Waals surface area contributed by atoms with Gasteiger partial charge in [-0.05, 0) is 29.8 Å². The fraction of sp³-hybridized carbons (Fsp3) is 0.222. The Bertz CT molecular complexity index is 827. The first-order chi connectivity index (χ1) is 13.0. The molecule has 0 unspecified atom stereocenters. The number of nitro benzene ring substituents is 1. The van der Waals surface area contributed by atoms with E-state index in [1.54, 1.807) is 12.1 Å². The third-order valence-electron chi connectivity index (χ3n) is 4.35. The normalized spacial score (nSPS) is 14.4. The van der Waals surface area contributed by atoms with Crippen molar-refractivity contribution in [1.29, 1.82) is 0 Å². The van der Waals surface area contributed by atoms with Gasteiger partial charge in [0.1, 0.15) is 0 Å². The van der Waals surface area contributed by atoms with Crippen molar-refractivity contribution < 1.29 is 9.72 Å². The van der Waals surface area contributed by atoms with E-state index in [0.29, 0.717) is 0 Å². The highest BCUT2D eigenvalue weighted by Crippen LogP contribution is 2.23. The number of nitro groups is 1. The maximum absolute atomic E-state index is 10.8. The molecule has 9 heteroatoms. The maximum atomic E-state index is 10.8. The maximum Gasteiger partial charge on any atom is 0.332 e. The number of hydrazone groups is 1. The summed E-state index contributed by atoms with van der Waals surface area (Å²) in [5, 5.41) is 14.5. The van der Waals surface area contributed by atoms with Crippen LogP contribution in [0.15, 0.2) is 53.6 Å². The lowest BCUT2D eigenvalue weighted by Crippen LogP contribution is -2.46. The molecule has 2 aromatic rings. The molecule has 1 aliphatic heterocycles. The van der Waals surface area contributed by atoms with E-state index in [2.05, 4.69) is 20.3 Å². The van der Waals surface area contributed by atoms with E-state index in [4.69, 9.17) is 5.73 Å². The Morgan fingerprint density at radius 1 is 1.00 bits per heavy atom. The van der Waals surface area contributed by atoms with Gasteiger partial charge >= 0.3 is 6.03 Å². The number of primary amides is 1. The van der Waals surface area contributed by atoms with Crippen LogP contribution in [0.3, 0.4) is 0 Å². The predicted molar refractivity (Wildman–Crippen MR) is 104 cm³/mol. The van der Waals surface area contributed by atoms with Gasteiger partial charge < -0.3 is 15.5 Å². The number of non-ortho nitro benzene ring substituents is 1. The number of carbonyl (C=O) groups excluding carboxylic acids is 1. The number of nitrogens with zero attached hydrogens (tertiary/aromatic N) is 4. The molecule has 1 heterocycles. The van der Waals surface area contributed by atoms with E-state index >= 15 is 0 Å². The van der Waals surface area contributed by atoms with Gasteiger partial charge in [-0.2, -0.15) is 5.10 Å². The van der Waals surface area contributed by atoms with E-state index in [-0.39, 0.29) is 10.6 Å². The quantitative estimate of drug-likeness (QED) is 0.475. The van der Waals surface area contributed by atoms with Crippen LogP contribution in [0, 0.1) is 10.1 Å². The Hall–Kier alpha value is -3.62. The Kier molecular flexibility index (Phi) is 5.50. The smallest absolute Gasteiger partial charge is 0.332 e. The molecule has 2 aromatic carbocycles. The van der Waals surface area contributed by atoms with E-state index in [1.165, 1.54) is 18.3 Å². The number of carbonyl (C=O) groups is 1. The van der Waals surface area contributed by atoms with Gasteiger partial charge in [-0.25, -0.2) is 10.2 Å². The lowest BCUT2D eigenvalue weighted by Gasteiger charge is -2.37. The second-order valence-corrected chi connectivity index (χ2v) is 6.07. The summed E-state index contributed by atoms with van der Waals surface area (Å²) in [6.07, 6.45) is 1.53. The number of anilines is 2. The van der Waals surface area contributed by atoms with E-state index in [0.717, 1.165) is 43.1 Å². The van der Waals surface area contributed by atoms with Gasteiger partial charge in [0.2, 0.25) is 0 Å². The minimum atomic E-state index is -0.700. The molecule has 27 heavy (non-hydrogen) atoms. The van der Waals surface area contributed by atoms with Crippen LogP contribution in [0.2, 0.25) is 0 Å². The van der Waals surface area contributed by atoms with Crippen molar-refractivity contribution in [3.8, 4) is 0 Å². The third-order valence-corrected chi connectivity index (χ3v) is 4.35. The zero-order chi connectivity index (χ0) is 19.2. The third kappa shape index (κ3) is 4.72. The molecule has 1 aliphatic rings. The fourth-order valence-corrected chi connectivity index (χ4v) is 2.95. The largest absolute Gasteiger partial charge is 0.368 e. The Labute approximate surface area is 156 Å². The van der Waals surface area contributed by atoms with Gasteiger partial charge in [-0.3, -0.25) is 10.1 Å². The van der Waals surface area contributed by atoms with Gasteiger partial charge in [0.15, 0.2) is 0 Å². The molecule has 140 valence electrons. The first-order valence-corrected chi connectivity index (χ1v) is 8.46. The molecule has 0 bridgehead atoms. The van der Waals surface area contributed by atoms with Crippen molar-refractivity contribution in [2.24, 2.45) is 10.8 Å². The highest BCUT2D eigenvalue weighted by Gasteiger charge is 2.18. The van der Waals surface area contributed by atoms with Crippen molar-refractivity contribution in [3.63, 3.8) is 0 Å². The zero-order valence-electron chi connectivity index (χ0n) is 14.6. The summed E-state index contributed by atoms with van der Waals surface area (Å²) < 4.78 is 0. The minimum Gasteiger partial charge on any atom is -0.368 e. The number of piperazine rings is 1. The van der Waals surface area contributed by atoms with Gasteiger partial charge in [-0.1, -0.05) is 12.1 Å². The van der Waals surface area contributed by atoms with E-state index in [1.807, 2.05) is 24.3 Å². The lowest BCUT2D eigenvalue weighted by atomic mass is 10.2. The van der Waals surface area contributed by atoms with Crippen molar-refractivity contribution in [3.05, 3.63) is 64.2 Å². The molecule has 1 saturated heterocycles. The first-order valence-electron chi connectivity index (χ1n) is 8.46. The Morgan fingerprint density at radius 3 is 1.93 bits per heavy atom. The number of urea groups is 1. The molecular formula is C18H20N6O3. The van der Waals surface area contributed by atoms with Crippen LogP contribution in [0.5, 0.6) is 0 Å². The van der Waals surface area contributed by atoms with E-state index < -0.39 is 6.03 Å². The average molecular weight is 368 g/mol. The van der Waals surface area contributed by atoms with Crippen LogP contribution < -0.4 is 21.0 Å². The van der Waals surface area contributed by atoms with Gasteiger partial charge in [0, 0.05) is 49.7 Å². The van der Waals surface area contributed by atoms with Crippen molar-refractivity contribution in [1.82, 2.24) is 5.43 Å². The summed E-state index contributed by atoms with van der Waals surface area (Å²) >= 11 is 0. The summed E-state index contributed by atoms with van der Waals surface area (Å²) in [6, 6.07) is 13.8. The fourth-order valence-electron chi connectivity index (χ4n) is 2.95. The highest BCUT2D eigenvalue weighted by molar-refractivity contribution is 5.82. The molecule has 1 fully saturated rings. The molecule has 9 nitrogen and oxygen atoms in total. The van der Waals surface area contributed by atoms with Crippen LogP contribution in [-0.2, 0) is 0 Å². The Morgan fingerprint density at radius 2 is 1.48 bits per heavy atom. The molecular weight excluding hydrogens is 348 g/mol. The molecule has 0 aromatic heterocycles. The topological polar surface area (TPSA) is 117 Å². The van der Waals surface area contributed by atoms with Gasteiger partial charge in [0.25, 0.3) is 5.69 Å². The Balaban J connectivity index is 1.56. The second kappa shape index (κ2) is 8.17. The minimum absolute atomic E-state index is 0.104. The van der Waals surface area contributed by atoms with Crippen LogP contribution >= 0.6 is 0 Å². The molecule has 0 radical (unpaired) electrons. The first kappa shape index (κ1) is 18.2. The van der Waals surface area contributed by atoms with Gasteiger partial charge in [0.05, 0.1) is 11.1 Å². The van der Waals surface area contributed by atoms with Crippen LogP contribution in [0.25, 0.3) is 0 Å². The number of nitrogens with two attached hydrogens (primary N) is 1. The molecule has 3 N–H and O–H groups in total. The van der Waals surface area contributed by atoms with E-state index in [9.17, 15) is 14.9 Å². The predicted octanol–water partition coefficient (Wildman–Crippen LogP) is 1.92. The zero-order valence-corrected chi connectivity index (χ0v) is 14.6. The van der Waals surface area contributed by atoms with Gasteiger partial charge in [-0.15, -0.1) is 0 Å².